The summed E-state index contributed by atoms with van der Waals surface area (Å²) in [5.41, 5.74) is 3.22. The standard InChI is InChI=1S/C14H11ClFN/c15-11-4-1-9(2-5-11)13-7-10-3-6-12(16)8-14(10)17-13/h1-6,8,13,17H,7H2. The Morgan fingerprint density at radius 1 is 1.12 bits per heavy atom. The van der Waals surface area contributed by atoms with E-state index in [4.69, 9.17) is 11.6 Å². The van der Waals surface area contributed by atoms with Crippen LogP contribution in [0.4, 0.5) is 10.1 Å². The highest BCUT2D eigenvalue weighted by atomic mass is 35.5. The maximum absolute atomic E-state index is 13.1. The van der Waals surface area contributed by atoms with Crippen molar-refractivity contribution in [1.82, 2.24) is 0 Å². The summed E-state index contributed by atoms with van der Waals surface area (Å²) in [6.45, 7) is 0. The molecule has 0 saturated heterocycles. The van der Waals surface area contributed by atoms with Crippen LogP contribution in [0.2, 0.25) is 5.02 Å². The van der Waals surface area contributed by atoms with E-state index in [0.29, 0.717) is 0 Å². The highest BCUT2D eigenvalue weighted by molar-refractivity contribution is 6.30. The topological polar surface area (TPSA) is 12.0 Å². The van der Waals surface area contributed by atoms with Crippen LogP contribution in [0.5, 0.6) is 0 Å². The Kier molecular flexibility index (Phi) is 2.52. The summed E-state index contributed by atoms with van der Waals surface area (Å²) in [5.74, 6) is -0.201. The fourth-order valence-corrected chi connectivity index (χ4v) is 2.34. The summed E-state index contributed by atoms with van der Waals surface area (Å²) < 4.78 is 13.1. The zero-order valence-corrected chi connectivity index (χ0v) is 9.84. The van der Waals surface area contributed by atoms with Crippen LogP contribution in [0.25, 0.3) is 0 Å². The van der Waals surface area contributed by atoms with E-state index in [9.17, 15) is 4.39 Å². The third kappa shape index (κ3) is 2.01. The van der Waals surface area contributed by atoms with Crippen LogP contribution in [0.1, 0.15) is 17.2 Å². The normalized spacial score (nSPS) is 17.6. The Balaban J connectivity index is 1.88. The molecule has 0 aromatic heterocycles. The van der Waals surface area contributed by atoms with Crippen LogP contribution in [0, 0.1) is 5.82 Å². The molecule has 0 fully saturated rings. The monoisotopic (exact) mass is 247 g/mol. The highest BCUT2D eigenvalue weighted by Gasteiger charge is 2.21. The van der Waals surface area contributed by atoms with E-state index in [0.717, 1.165) is 22.7 Å². The van der Waals surface area contributed by atoms with Crippen molar-refractivity contribution in [3.63, 3.8) is 0 Å². The molecule has 0 saturated carbocycles. The van der Waals surface area contributed by atoms with Gasteiger partial charge in [-0.05, 0) is 41.8 Å². The fraction of sp³-hybridized carbons (Fsp3) is 0.143. The largest absolute Gasteiger partial charge is 0.378 e. The van der Waals surface area contributed by atoms with Crippen LogP contribution in [0.15, 0.2) is 42.5 Å². The average molecular weight is 248 g/mol. The molecule has 1 aliphatic rings. The van der Waals surface area contributed by atoms with Gasteiger partial charge in [0, 0.05) is 10.7 Å². The van der Waals surface area contributed by atoms with Gasteiger partial charge in [-0.25, -0.2) is 4.39 Å². The molecule has 0 spiro atoms. The molecule has 1 heterocycles. The Hall–Kier alpha value is -1.54. The molecule has 0 amide bonds. The molecule has 0 bridgehead atoms. The van der Waals surface area contributed by atoms with Gasteiger partial charge in [0.2, 0.25) is 0 Å². The fourth-order valence-electron chi connectivity index (χ4n) is 2.22. The Morgan fingerprint density at radius 3 is 2.65 bits per heavy atom. The van der Waals surface area contributed by atoms with E-state index >= 15 is 0 Å². The number of rotatable bonds is 1. The Labute approximate surface area is 104 Å². The van der Waals surface area contributed by atoms with Gasteiger partial charge in [0.1, 0.15) is 5.82 Å². The van der Waals surface area contributed by atoms with Gasteiger partial charge in [0.15, 0.2) is 0 Å². The minimum absolute atomic E-state index is 0.201. The molecule has 17 heavy (non-hydrogen) atoms. The molecule has 2 aromatic carbocycles. The van der Waals surface area contributed by atoms with Gasteiger partial charge >= 0.3 is 0 Å². The molecule has 86 valence electrons. The van der Waals surface area contributed by atoms with Gasteiger partial charge in [-0.1, -0.05) is 29.8 Å². The third-order valence-corrected chi connectivity index (χ3v) is 3.35. The number of fused-ring (bicyclic) bond motifs is 1. The van der Waals surface area contributed by atoms with E-state index in [2.05, 4.69) is 5.32 Å². The summed E-state index contributed by atoms with van der Waals surface area (Å²) in [5, 5.41) is 4.06. The number of hydrogen-bond donors (Lipinski definition) is 1. The molecule has 1 nitrogen and oxygen atoms in total. The summed E-state index contributed by atoms with van der Waals surface area (Å²) in [4.78, 5) is 0. The molecule has 1 N–H and O–H groups in total. The van der Waals surface area contributed by atoms with Crippen LogP contribution in [0.3, 0.4) is 0 Å². The molecule has 3 heteroatoms. The molecule has 1 atom stereocenters. The minimum atomic E-state index is -0.201. The predicted molar refractivity (Wildman–Crippen MR) is 67.9 cm³/mol. The van der Waals surface area contributed by atoms with Gasteiger partial charge in [-0.15, -0.1) is 0 Å². The minimum Gasteiger partial charge on any atom is -0.378 e. The first kappa shape index (κ1) is 10.6. The van der Waals surface area contributed by atoms with E-state index in [1.165, 1.54) is 11.6 Å². The van der Waals surface area contributed by atoms with Crippen molar-refractivity contribution >= 4 is 17.3 Å². The predicted octanol–water partition coefficient (Wildman–Crippen LogP) is 4.19. The quantitative estimate of drug-likeness (QED) is 0.797. The number of nitrogens with one attached hydrogen (secondary N) is 1. The summed E-state index contributed by atoms with van der Waals surface area (Å²) in [7, 11) is 0. The van der Waals surface area contributed by atoms with Crippen molar-refractivity contribution in [2.45, 2.75) is 12.5 Å². The van der Waals surface area contributed by atoms with Crippen LogP contribution in [-0.4, -0.2) is 0 Å². The van der Waals surface area contributed by atoms with Crippen molar-refractivity contribution in [3.8, 4) is 0 Å². The summed E-state index contributed by atoms with van der Waals surface area (Å²) >= 11 is 5.86. The molecular formula is C14H11ClFN. The number of anilines is 1. The number of halogens is 2. The van der Waals surface area contributed by atoms with E-state index < -0.39 is 0 Å². The van der Waals surface area contributed by atoms with E-state index in [-0.39, 0.29) is 11.9 Å². The van der Waals surface area contributed by atoms with E-state index in [1.807, 2.05) is 30.3 Å². The van der Waals surface area contributed by atoms with Gasteiger partial charge in [0.05, 0.1) is 6.04 Å². The van der Waals surface area contributed by atoms with Crippen molar-refractivity contribution < 1.29 is 4.39 Å². The van der Waals surface area contributed by atoms with Crippen LogP contribution in [-0.2, 0) is 6.42 Å². The molecule has 0 aliphatic carbocycles. The summed E-state index contributed by atoms with van der Waals surface area (Å²) in [6, 6.07) is 12.9. The van der Waals surface area contributed by atoms with Crippen molar-refractivity contribution in [1.29, 1.82) is 0 Å². The second kappa shape index (κ2) is 4.04. The second-order valence-electron chi connectivity index (χ2n) is 4.25. The first-order chi connectivity index (χ1) is 8.22. The highest BCUT2D eigenvalue weighted by Crippen LogP contribution is 2.34. The second-order valence-corrected chi connectivity index (χ2v) is 4.69. The SMILES string of the molecule is Fc1ccc2c(c1)NC(c1ccc(Cl)cc1)C2. The van der Waals surface area contributed by atoms with Gasteiger partial charge in [-0.3, -0.25) is 0 Å². The lowest BCUT2D eigenvalue weighted by atomic mass is 10.0. The third-order valence-electron chi connectivity index (χ3n) is 3.10. The van der Waals surface area contributed by atoms with Crippen LogP contribution < -0.4 is 5.32 Å². The zero-order chi connectivity index (χ0) is 11.8. The van der Waals surface area contributed by atoms with Crippen molar-refractivity contribution in [2.24, 2.45) is 0 Å². The first-order valence-electron chi connectivity index (χ1n) is 5.53. The van der Waals surface area contributed by atoms with Gasteiger partial charge in [0.25, 0.3) is 0 Å². The maximum Gasteiger partial charge on any atom is 0.125 e. The first-order valence-corrected chi connectivity index (χ1v) is 5.90. The van der Waals surface area contributed by atoms with E-state index in [1.54, 1.807) is 6.07 Å². The maximum atomic E-state index is 13.1. The lowest BCUT2D eigenvalue weighted by Crippen LogP contribution is -2.05. The van der Waals surface area contributed by atoms with Gasteiger partial charge in [-0.2, -0.15) is 0 Å². The van der Waals surface area contributed by atoms with Crippen molar-refractivity contribution in [3.05, 3.63) is 64.4 Å². The molecule has 3 rings (SSSR count). The molecule has 0 radical (unpaired) electrons. The molecule has 1 unspecified atom stereocenters. The number of benzene rings is 2. The molecular weight excluding hydrogens is 237 g/mol. The van der Waals surface area contributed by atoms with Gasteiger partial charge < -0.3 is 5.32 Å². The summed E-state index contributed by atoms with van der Waals surface area (Å²) in [6.07, 6.45) is 0.886. The average Bonchev–Trinajstić information content (AvgIpc) is 2.72. The molecule has 1 aliphatic heterocycles. The molecule has 2 aromatic rings. The van der Waals surface area contributed by atoms with Crippen LogP contribution >= 0.6 is 11.6 Å². The lowest BCUT2D eigenvalue weighted by Gasteiger charge is -2.11. The number of hydrogen-bond acceptors (Lipinski definition) is 1. The smallest absolute Gasteiger partial charge is 0.125 e. The van der Waals surface area contributed by atoms with Crippen molar-refractivity contribution in [2.75, 3.05) is 5.32 Å². The zero-order valence-electron chi connectivity index (χ0n) is 9.08. The lowest BCUT2D eigenvalue weighted by molar-refractivity contribution is 0.628. The Morgan fingerprint density at radius 2 is 1.88 bits per heavy atom. The Bertz CT molecular complexity index is 551.